The Kier molecular flexibility index (Phi) is 7.00. The number of carbonyl (C=O) groups excluding carboxylic acids is 2. The molecule has 1 amide bonds. The van der Waals surface area contributed by atoms with Crippen LogP contribution in [0.25, 0.3) is 0 Å². The molecule has 2 rings (SSSR count). The van der Waals surface area contributed by atoms with Crippen molar-refractivity contribution in [1.82, 2.24) is 14.8 Å². The van der Waals surface area contributed by atoms with Gasteiger partial charge in [0.2, 0.25) is 5.91 Å². The number of aryl methyl sites for hydroxylation is 2. The average molecular weight is 390 g/mol. The fraction of sp³-hybridized carbons (Fsp3) is 0.524. The molecular weight excluding hydrogens is 358 g/mol. The SMILES string of the molecule is Cc1cc(C(=O)CN(C)CC(=O)NC(C)(C)C)c(C)n1CCc1cccs1. The summed E-state index contributed by atoms with van der Waals surface area (Å²) in [4.78, 5) is 27.9. The van der Waals surface area contributed by atoms with Gasteiger partial charge in [0.05, 0.1) is 13.1 Å². The van der Waals surface area contributed by atoms with Crippen LogP contribution in [0.4, 0.5) is 0 Å². The molecule has 0 unspecified atom stereocenters. The monoisotopic (exact) mass is 389 g/mol. The van der Waals surface area contributed by atoms with Crippen LogP contribution < -0.4 is 5.32 Å². The number of nitrogens with one attached hydrogen (secondary N) is 1. The van der Waals surface area contributed by atoms with E-state index in [1.54, 1.807) is 23.3 Å². The number of rotatable bonds is 8. The van der Waals surface area contributed by atoms with Crippen LogP contribution in [0.3, 0.4) is 0 Å². The Hall–Kier alpha value is -1.92. The largest absolute Gasteiger partial charge is 0.350 e. The second-order valence-corrected chi connectivity index (χ2v) is 9.19. The third kappa shape index (κ3) is 6.33. The Labute approximate surface area is 166 Å². The zero-order valence-corrected chi connectivity index (χ0v) is 18.1. The molecule has 5 nitrogen and oxygen atoms in total. The molecule has 0 aromatic carbocycles. The summed E-state index contributed by atoms with van der Waals surface area (Å²) in [7, 11) is 1.80. The van der Waals surface area contributed by atoms with E-state index in [1.807, 2.05) is 40.7 Å². The first-order valence-electron chi connectivity index (χ1n) is 9.28. The maximum absolute atomic E-state index is 12.8. The van der Waals surface area contributed by atoms with Gasteiger partial charge in [0.25, 0.3) is 0 Å². The molecule has 0 spiro atoms. The number of Topliss-reactive ketones (excluding diaryl/α,β-unsaturated/α-hetero) is 1. The molecule has 2 aromatic heterocycles. The zero-order valence-electron chi connectivity index (χ0n) is 17.3. The summed E-state index contributed by atoms with van der Waals surface area (Å²) in [5.41, 5.74) is 2.58. The predicted octanol–water partition coefficient (Wildman–Crippen LogP) is 3.44. The smallest absolute Gasteiger partial charge is 0.234 e. The van der Waals surface area contributed by atoms with Crippen LogP contribution in [0.15, 0.2) is 23.6 Å². The van der Waals surface area contributed by atoms with E-state index < -0.39 is 0 Å². The number of nitrogens with zero attached hydrogens (tertiary/aromatic N) is 2. The van der Waals surface area contributed by atoms with Gasteiger partial charge in [0, 0.05) is 33.9 Å². The molecule has 0 aliphatic rings. The van der Waals surface area contributed by atoms with Crippen molar-refractivity contribution in [3.8, 4) is 0 Å². The highest BCUT2D eigenvalue weighted by Gasteiger charge is 2.20. The normalized spacial score (nSPS) is 11.8. The number of thiophene rings is 1. The topological polar surface area (TPSA) is 54.3 Å². The number of ketones is 1. The van der Waals surface area contributed by atoms with Gasteiger partial charge in [-0.15, -0.1) is 11.3 Å². The van der Waals surface area contributed by atoms with Crippen LogP contribution >= 0.6 is 11.3 Å². The lowest BCUT2D eigenvalue weighted by molar-refractivity contribution is -0.123. The Morgan fingerprint density at radius 2 is 1.93 bits per heavy atom. The molecule has 27 heavy (non-hydrogen) atoms. The van der Waals surface area contributed by atoms with Crippen molar-refractivity contribution in [2.24, 2.45) is 0 Å². The number of hydrogen-bond acceptors (Lipinski definition) is 4. The van der Waals surface area contributed by atoms with E-state index in [0.29, 0.717) is 0 Å². The number of likely N-dealkylation sites (N-methyl/N-ethyl adjacent to an activating group) is 1. The summed E-state index contributed by atoms with van der Waals surface area (Å²) < 4.78 is 2.21. The summed E-state index contributed by atoms with van der Waals surface area (Å²) in [6, 6.07) is 6.17. The van der Waals surface area contributed by atoms with Crippen LogP contribution in [0.2, 0.25) is 0 Å². The van der Waals surface area contributed by atoms with Gasteiger partial charge < -0.3 is 9.88 Å². The molecule has 1 N–H and O–H groups in total. The predicted molar refractivity (Wildman–Crippen MR) is 112 cm³/mol. The van der Waals surface area contributed by atoms with E-state index in [-0.39, 0.29) is 30.3 Å². The van der Waals surface area contributed by atoms with Crippen molar-refractivity contribution in [2.75, 3.05) is 20.1 Å². The van der Waals surface area contributed by atoms with Crippen LogP contribution in [-0.4, -0.2) is 46.8 Å². The molecule has 2 heterocycles. The van der Waals surface area contributed by atoms with E-state index in [9.17, 15) is 9.59 Å². The van der Waals surface area contributed by atoms with Gasteiger partial charge in [0.1, 0.15) is 0 Å². The van der Waals surface area contributed by atoms with Crippen LogP contribution in [0.5, 0.6) is 0 Å². The minimum Gasteiger partial charge on any atom is -0.350 e. The fourth-order valence-corrected chi connectivity index (χ4v) is 3.89. The van der Waals surface area contributed by atoms with Crippen LogP contribution in [-0.2, 0) is 17.8 Å². The summed E-state index contributed by atoms with van der Waals surface area (Å²) in [5, 5.41) is 5.01. The zero-order chi connectivity index (χ0) is 20.2. The maximum Gasteiger partial charge on any atom is 0.234 e. The Morgan fingerprint density at radius 3 is 2.52 bits per heavy atom. The summed E-state index contributed by atoms with van der Waals surface area (Å²) in [5.74, 6) is -0.0178. The minimum absolute atomic E-state index is 0.0523. The lowest BCUT2D eigenvalue weighted by atomic mass is 10.1. The number of aromatic nitrogens is 1. The molecule has 0 aliphatic carbocycles. The first kappa shape index (κ1) is 21.4. The second-order valence-electron chi connectivity index (χ2n) is 8.16. The molecule has 0 aliphatic heterocycles. The first-order chi connectivity index (χ1) is 12.6. The van der Waals surface area contributed by atoms with Crippen molar-refractivity contribution in [1.29, 1.82) is 0 Å². The van der Waals surface area contributed by atoms with Gasteiger partial charge in [-0.05, 0) is 65.6 Å². The second kappa shape index (κ2) is 8.85. The van der Waals surface area contributed by atoms with E-state index in [1.165, 1.54) is 4.88 Å². The molecule has 148 valence electrons. The third-order valence-corrected chi connectivity index (χ3v) is 5.31. The summed E-state index contributed by atoms with van der Waals surface area (Å²) >= 11 is 1.76. The standard InChI is InChI=1S/C21H31N3O2S/c1-15-12-18(16(2)24(15)10-9-17-8-7-11-27-17)19(25)13-23(6)14-20(26)22-21(3,4)5/h7-8,11-12H,9-10,13-14H2,1-6H3,(H,22,26). The number of hydrogen-bond donors (Lipinski definition) is 1. The van der Waals surface area contributed by atoms with Gasteiger partial charge in [-0.2, -0.15) is 0 Å². The minimum atomic E-state index is -0.268. The molecule has 0 saturated heterocycles. The molecule has 0 fully saturated rings. The van der Waals surface area contributed by atoms with Gasteiger partial charge >= 0.3 is 0 Å². The van der Waals surface area contributed by atoms with Crippen molar-refractivity contribution in [2.45, 2.75) is 53.1 Å². The fourth-order valence-electron chi connectivity index (χ4n) is 3.19. The summed E-state index contributed by atoms with van der Waals surface area (Å²) in [6.07, 6.45) is 0.967. The van der Waals surface area contributed by atoms with Crippen molar-refractivity contribution < 1.29 is 9.59 Å². The Bertz CT molecular complexity index is 785. The van der Waals surface area contributed by atoms with Gasteiger partial charge in [0.15, 0.2) is 5.78 Å². The molecule has 0 saturated carbocycles. The van der Waals surface area contributed by atoms with Gasteiger partial charge in [-0.25, -0.2) is 0 Å². The highest BCUT2D eigenvalue weighted by Crippen LogP contribution is 2.18. The van der Waals surface area contributed by atoms with Crippen molar-refractivity contribution >= 4 is 23.0 Å². The summed E-state index contributed by atoms with van der Waals surface area (Å²) in [6.45, 7) is 11.2. The van der Waals surface area contributed by atoms with Crippen molar-refractivity contribution in [3.63, 3.8) is 0 Å². The number of amides is 1. The lowest BCUT2D eigenvalue weighted by Gasteiger charge is -2.23. The van der Waals surface area contributed by atoms with E-state index in [4.69, 9.17) is 0 Å². The molecule has 6 heteroatoms. The Balaban J connectivity index is 1.97. The molecular formula is C21H31N3O2S. The third-order valence-electron chi connectivity index (χ3n) is 4.38. The van der Waals surface area contributed by atoms with E-state index in [2.05, 4.69) is 27.4 Å². The van der Waals surface area contributed by atoms with Gasteiger partial charge in [-0.3, -0.25) is 14.5 Å². The Morgan fingerprint density at radius 1 is 1.22 bits per heavy atom. The first-order valence-corrected chi connectivity index (χ1v) is 10.2. The lowest BCUT2D eigenvalue weighted by Crippen LogP contribution is -2.45. The molecule has 0 bridgehead atoms. The van der Waals surface area contributed by atoms with E-state index in [0.717, 1.165) is 29.9 Å². The maximum atomic E-state index is 12.8. The molecule has 2 aromatic rings. The van der Waals surface area contributed by atoms with Crippen LogP contribution in [0, 0.1) is 13.8 Å². The van der Waals surface area contributed by atoms with Crippen LogP contribution in [0.1, 0.15) is 47.4 Å². The van der Waals surface area contributed by atoms with Crippen molar-refractivity contribution in [3.05, 3.63) is 45.4 Å². The number of carbonyl (C=O) groups is 2. The quantitative estimate of drug-likeness (QED) is 0.704. The highest BCUT2D eigenvalue weighted by atomic mass is 32.1. The molecule has 0 radical (unpaired) electrons. The average Bonchev–Trinajstić information content (AvgIpc) is 3.12. The van der Waals surface area contributed by atoms with E-state index >= 15 is 0 Å². The highest BCUT2D eigenvalue weighted by molar-refractivity contribution is 7.09. The van der Waals surface area contributed by atoms with Gasteiger partial charge in [-0.1, -0.05) is 6.07 Å². The molecule has 0 atom stereocenters.